The molecule has 3 N–H and O–H groups in total. The summed E-state index contributed by atoms with van der Waals surface area (Å²) in [5.41, 5.74) is -0.0350. The summed E-state index contributed by atoms with van der Waals surface area (Å²) < 4.78 is 13.4. The van der Waals surface area contributed by atoms with Gasteiger partial charge in [-0.3, -0.25) is 4.79 Å². The van der Waals surface area contributed by atoms with Crippen molar-refractivity contribution in [1.82, 2.24) is 10.6 Å². The smallest absolute Gasteiger partial charge is 0.254 e. The Bertz CT molecular complexity index is 431. The minimum Gasteiger partial charge on any atom is -0.508 e. The van der Waals surface area contributed by atoms with Crippen LogP contribution < -0.4 is 10.6 Å². The highest BCUT2D eigenvalue weighted by atomic mass is 19.1. The van der Waals surface area contributed by atoms with Gasteiger partial charge in [-0.15, -0.1) is 0 Å². The molecule has 18 heavy (non-hydrogen) atoms. The molecule has 5 heteroatoms. The lowest BCUT2D eigenvalue weighted by Crippen LogP contribution is -2.31. The summed E-state index contributed by atoms with van der Waals surface area (Å²) in [5, 5.41) is 15.1. The fourth-order valence-corrected chi connectivity index (χ4v) is 2.15. The number of carbonyl (C=O) groups excluding carboxylic acids is 1. The van der Waals surface area contributed by atoms with Crippen LogP contribution in [-0.2, 0) is 0 Å². The molecule has 1 unspecified atom stereocenters. The SMILES string of the molecule is O=C(NCCC1CCCN1)c1ccc(O)cc1F. The molecule has 0 bridgehead atoms. The molecule has 1 fully saturated rings. The highest BCUT2D eigenvalue weighted by Gasteiger charge is 2.15. The molecule has 1 heterocycles. The maximum absolute atomic E-state index is 13.4. The Morgan fingerprint density at radius 1 is 1.56 bits per heavy atom. The van der Waals surface area contributed by atoms with Gasteiger partial charge in [0.05, 0.1) is 5.56 Å². The number of amides is 1. The van der Waals surface area contributed by atoms with E-state index in [4.69, 9.17) is 5.11 Å². The minimum atomic E-state index is -0.702. The lowest BCUT2D eigenvalue weighted by molar-refractivity contribution is 0.0948. The van der Waals surface area contributed by atoms with Crippen molar-refractivity contribution in [2.24, 2.45) is 0 Å². The molecule has 1 aliphatic rings. The summed E-state index contributed by atoms with van der Waals surface area (Å²) in [5.74, 6) is -1.32. The Labute approximate surface area is 105 Å². The maximum Gasteiger partial charge on any atom is 0.254 e. The van der Waals surface area contributed by atoms with Gasteiger partial charge in [0.1, 0.15) is 11.6 Å². The third-order valence-corrected chi connectivity index (χ3v) is 3.14. The number of benzene rings is 1. The van der Waals surface area contributed by atoms with E-state index in [1.807, 2.05) is 0 Å². The predicted molar refractivity (Wildman–Crippen MR) is 66.0 cm³/mol. The molecule has 0 aromatic heterocycles. The van der Waals surface area contributed by atoms with Gasteiger partial charge in [0.25, 0.3) is 5.91 Å². The lowest BCUT2D eigenvalue weighted by Gasteiger charge is -2.11. The first kappa shape index (κ1) is 12.8. The standard InChI is InChI=1S/C13H17FN2O2/c14-12-8-10(17)3-4-11(12)13(18)16-7-5-9-2-1-6-15-9/h3-4,8-9,15,17H,1-2,5-7H2,(H,16,18). The van der Waals surface area contributed by atoms with E-state index >= 15 is 0 Å². The second-order valence-electron chi connectivity index (χ2n) is 4.50. The molecule has 2 rings (SSSR count). The van der Waals surface area contributed by atoms with E-state index in [0.29, 0.717) is 12.6 Å². The van der Waals surface area contributed by atoms with Crippen LogP contribution in [0.15, 0.2) is 18.2 Å². The fourth-order valence-electron chi connectivity index (χ4n) is 2.15. The monoisotopic (exact) mass is 252 g/mol. The van der Waals surface area contributed by atoms with Crippen molar-refractivity contribution in [2.75, 3.05) is 13.1 Å². The van der Waals surface area contributed by atoms with Crippen LogP contribution in [0.4, 0.5) is 4.39 Å². The second kappa shape index (κ2) is 5.82. The molecule has 1 aromatic rings. The summed E-state index contributed by atoms with van der Waals surface area (Å²) in [6.07, 6.45) is 3.15. The van der Waals surface area contributed by atoms with Crippen LogP contribution in [0.2, 0.25) is 0 Å². The van der Waals surface area contributed by atoms with E-state index in [1.54, 1.807) is 0 Å². The van der Waals surface area contributed by atoms with Crippen LogP contribution in [0.25, 0.3) is 0 Å². The van der Waals surface area contributed by atoms with Crippen molar-refractivity contribution in [3.8, 4) is 5.75 Å². The molecule has 0 spiro atoms. The van der Waals surface area contributed by atoms with Gasteiger partial charge in [0.2, 0.25) is 0 Å². The zero-order chi connectivity index (χ0) is 13.0. The zero-order valence-electron chi connectivity index (χ0n) is 10.1. The number of carbonyl (C=O) groups is 1. The molecule has 98 valence electrons. The van der Waals surface area contributed by atoms with E-state index in [0.717, 1.165) is 25.5 Å². The quantitative estimate of drug-likeness (QED) is 0.759. The van der Waals surface area contributed by atoms with Crippen LogP contribution in [-0.4, -0.2) is 30.1 Å². The Balaban J connectivity index is 1.83. The van der Waals surface area contributed by atoms with Gasteiger partial charge in [-0.05, 0) is 37.9 Å². The van der Waals surface area contributed by atoms with Gasteiger partial charge >= 0.3 is 0 Å². The van der Waals surface area contributed by atoms with E-state index < -0.39 is 11.7 Å². The normalized spacial score (nSPS) is 18.8. The average molecular weight is 252 g/mol. The fraction of sp³-hybridized carbons (Fsp3) is 0.462. The molecule has 1 amide bonds. The summed E-state index contributed by atoms with van der Waals surface area (Å²) in [7, 11) is 0. The van der Waals surface area contributed by atoms with E-state index in [9.17, 15) is 9.18 Å². The van der Waals surface area contributed by atoms with Crippen molar-refractivity contribution in [3.63, 3.8) is 0 Å². The number of nitrogens with one attached hydrogen (secondary N) is 2. The van der Waals surface area contributed by atoms with Crippen LogP contribution in [0.1, 0.15) is 29.6 Å². The first-order valence-electron chi connectivity index (χ1n) is 6.17. The molecular weight excluding hydrogens is 235 g/mol. The van der Waals surface area contributed by atoms with Crippen LogP contribution in [0, 0.1) is 5.82 Å². The summed E-state index contributed by atoms with van der Waals surface area (Å²) in [6, 6.07) is 3.98. The largest absolute Gasteiger partial charge is 0.508 e. The van der Waals surface area contributed by atoms with Gasteiger partial charge in [0, 0.05) is 18.7 Å². The number of rotatable bonds is 4. The topological polar surface area (TPSA) is 61.4 Å². The minimum absolute atomic E-state index is 0.0350. The first-order valence-corrected chi connectivity index (χ1v) is 6.17. The number of halogens is 1. The molecule has 4 nitrogen and oxygen atoms in total. The second-order valence-corrected chi connectivity index (χ2v) is 4.50. The zero-order valence-corrected chi connectivity index (χ0v) is 10.1. The summed E-state index contributed by atoms with van der Waals surface area (Å²) in [6.45, 7) is 1.56. The van der Waals surface area contributed by atoms with E-state index in [-0.39, 0.29) is 11.3 Å². The average Bonchev–Trinajstić information content (AvgIpc) is 2.81. The van der Waals surface area contributed by atoms with Crippen LogP contribution >= 0.6 is 0 Å². The molecule has 0 aliphatic carbocycles. The summed E-state index contributed by atoms with van der Waals surface area (Å²) in [4.78, 5) is 11.7. The number of hydrogen-bond acceptors (Lipinski definition) is 3. The van der Waals surface area contributed by atoms with Crippen LogP contribution in [0.3, 0.4) is 0 Å². The third kappa shape index (κ3) is 3.20. The van der Waals surface area contributed by atoms with Gasteiger partial charge in [-0.2, -0.15) is 0 Å². The Morgan fingerprint density at radius 3 is 3.06 bits per heavy atom. The summed E-state index contributed by atoms with van der Waals surface area (Å²) >= 11 is 0. The van der Waals surface area contributed by atoms with Gasteiger partial charge in [-0.1, -0.05) is 0 Å². The first-order chi connectivity index (χ1) is 8.66. The Morgan fingerprint density at radius 2 is 2.39 bits per heavy atom. The van der Waals surface area contributed by atoms with Crippen molar-refractivity contribution >= 4 is 5.91 Å². The molecular formula is C13H17FN2O2. The Kier molecular flexibility index (Phi) is 4.15. The van der Waals surface area contributed by atoms with E-state index in [2.05, 4.69) is 10.6 Å². The van der Waals surface area contributed by atoms with Crippen molar-refractivity contribution < 1.29 is 14.3 Å². The molecule has 0 saturated carbocycles. The maximum atomic E-state index is 13.4. The van der Waals surface area contributed by atoms with Gasteiger partial charge in [0.15, 0.2) is 0 Å². The molecule has 0 radical (unpaired) electrons. The van der Waals surface area contributed by atoms with Crippen LogP contribution in [0.5, 0.6) is 5.75 Å². The number of phenolic OH excluding ortho intramolecular Hbond substituents is 1. The predicted octanol–water partition coefficient (Wildman–Crippen LogP) is 1.40. The molecule has 1 saturated heterocycles. The van der Waals surface area contributed by atoms with Gasteiger partial charge in [-0.25, -0.2) is 4.39 Å². The number of phenols is 1. The number of hydrogen-bond donors (Lipinski definition) is 3. The third-order valence-electron chi connectivity index (χ3n) is 3.14. The van der Waals surface area contributed by atoms with Crippen molar-refractivity contribution in [3.05, 3.63) is 29.6 Å². The molecule has 1 aromatic carbocycles. The molecule has 1 aliphatic heterocycles. The van der Waals surface area contributed by atoms with Crippen molar-refractivity contribution in [2.45, 2.75) is 25.3 Å². The van der Waals surface area contributed by atoms with Crippen molar-refractivity contribution in [1.29, 1.82) is 0 Å². The highest BCUT2D eigenvalue weighted by molar-refractivity contribution is 5.94. The highest BCUT2D eigenvalue weighted by Crippen LogP contribution is 2.15. The molecule has 1 atom stereocenters. The number of aromatic hydroxyl groups is 1. The Hall–Kier alpha value is -1.62. The van der Waals surface area contributed by atoms with E-state index in [1.165, 1.54) is 18.6 Å². The van der Waals surface area contributed by atoms with Gasteiger partial charge < -0.3 is 15.7 Å². The lowest BCUT2D eigenvalue weighted by atomic mass is 10.1.